The minimum absolute atomic E-state index is 0.0501. The zero-order valence-electron chi connectivity index (χ0n) is 15.9. The van der Waals surface area contributed by atoms with E-state index in [-0.39, 0.29) is 16.6 Å². The molecule has 1 saturated carbocycles. The summed E-state index contributed by atoms with van der Waals surface area (Å²) in [6.45, 7) is -1.79. The second-order valence-corrected chi connectivity index (χ2v) is 4.71. The Morgan fingerprint density at radius 3 is 3.00 bits per heavy atom. The fourth-order valence-electron chi connectivity index (χ4n) is 2.34. The Kier molecular flexibility index (Phi) is 1.99. The van der Waals surface area contributed by atoms with Gasteiger partial charge in [-0.05, 0) is 25.4 Å². The number of carbonyl (C=O) groups excluding carboxylic acids is 2. The summed E-state index contributed by atoms with van der Waals surface area (Å²) in [7, 11) is 0. The van der Waals surface area contributed by atoms with Crippen LogP contribution in [0.15, 0.2) is 23.0 Å². The molecular formula is C15H15N3O3. The first-order chi connectivity index (χ1) is 12.1. The molecule has 1 aliphatic rings. The molecule has 0 bridgehead atoms. The van der Waals surface area contributed by atoms with Crippen molar-refractivity contribution in [2.45, 2.75) is 32.1 Å². The summed E-state index contributed by atoms with van der Waals surface area (Å²) in [5.41, 5.74) is 5.11. The molecule has 2 N–H and O–H groups in total. The Labute approximate surface area is 127 Å². The smallest absolute Gasteiger partial charge is 0.264 e. The fourth-order valence-corrected chi connectivity index (χ4v) is 2.34. The van der Waals surface area contributed by atoms with Crippen molar-refractivity contribution in [3.63, 3.8) is 0 Å². The third kappa shape index (κ3) is 2.12. The lowest BCUT2D eigenvalue weighted by atomic mass is 9.92. The van der Waals surface area contributed by atoms with Crippen LogP contribution < -0.4 is 11.3 Å². The number of Topliss-reactive ketones (excluding diaryl/α,β-unsaturated/α-hetero) is 2. The van der Waals surface area contributed by atoms with Gasteiger partial charge in [0.1, 0.15) is 11.6 Å². The number of carbonyl (C=O) groups is 2. The van der Waals surface area contributed by atoms with Crippen molar-refractivity contribution in [1.29, 1.82) is 0 Å². The first kappa shape index (κ1) is 8.71. The zero-order valence-corrected chi connectivity index (χ0v) is 10.9. The molecule has 108 valence electrons. The number of nitrogen functional groups attached to an aromatic ring is 1. The molecule has 0 spiro atoms. The summed E-state index contributed by atoms with van der Waals surface area (Å²) in [6.07, 6.45) is -5.27. The van der Waals surface area contributed by atoms with Crippen molar-refractivity contribution >= 4 is 28.2 Å². The summed E-state index contributed by atoms with van der Waals surface area (Å²) < 4.78 is 39.9. The second kappa shape index (κ2) is 4.80. The number of nitrogens with two attached hydrogens (primary N) is 1. The number of hydrogen-bond donors (Lipinski definition) is 1. The van der Waals surface area contributed by atoms with Crippen molar-refractivity contribution in [2.75, 3.05) is 5.73 Å². The number of ketones is 2. The molecule has 6 heteroatoms. The highest BCUT2D eigenvalue weighted by Crippen LogP contribution is 2.24. The molecule has 0 amide bonds. The minimum Gasteiger partial charge on any atom is -0.398 e. The van der Waals surface area contributed by atoms with Crippen molar-refractivity contribution in [3.8, 4) is 0 Å². The van der Waals surface area contributed by atoms with Crippen LogP contribution >= 0.6 is 0 Å². The van der Waals surface area contributed by atoms with Gasteiger partial charge in [-0.1, -0.05) is 6.07 Å². The van der Waals surface area contributed by atoms with Crippen LogP contribution in [0.2, 0.25) is 0 Å². The van der Waals surface area contributed by atoms with E-state index in [0.29, 0.717) is 4.57 Å². The van der Waals surface area contributed by atoms with Gasteiger partial charge in [0.2, 0.25) is 0 Å². The van der Waals surface area contributed by atoms with E-state index in [0.717, 1.165) is 0 Å². The van der Waals surface area contributed by atoms with Crippen molar-refractivity contribution in [2.24, 2.45) is 0 Å². The topological polar surface area (TPSA) is 95.0 Å². The molecule has 1 fully saturated rings. The minimum atomic E-state index is -2.70. The van der Waals surface area contributed by atoms with Gasteiger partial charge in [-0.2, -0.15) is 0 Å². The summed E-state index contributed by atoms with van der Waals surface area (Å²) in [5, 5.41) is -0.0704. The van der Waals surface area contributed by atoms with E-state index in [1.54, 1.807) is 0 Å². The van der Waals surface area contributed by atoms with Crippen LogP contribution in [-0.2, 0) is 9.59 Å². The Morgan fingerprint density at radius 1 is 1.43 bits per heavy atom. The fraction of sp³-hybridized carbons (Fsp3) is 0.333. The molecule has 21 heavy (non-hydrogen) atoms. The molecule has 2 aromatic rings. The Bertz CT molecular complexity index is 988. The molecule has 6 nitrogen and oxygen atoms in total. The quantitative estimate of drug-likeness (QED) is 0.628. The monoisotopic (exact) mass is 290 g/mol. The molecule has 0 saturated heterocycles. The maximum absolute atomic E-state index is 13.0. The van der Waals surface area contributed by atoms with Crippen LogP contribution in [0.5, 0.6) is 0 Å². The summed E-state index contributed by atoms with van der Waals surface area (Å²) >= 11 is 0. The van der Waals surface area contributed by atoms with E-state index in [1.165, 1.54) is 18.2 Å². The van der Waals surface area contributed by atoms with Gasteiger partial charge >= 0.3 is 0 Å². The highest BCUT2D eigenvalue weighted by atomic mass is 16.2. The lowest BCUT2D eigenvalue weighted by Gasteiger charge is -2.24. The third-order valence-electron chi connectivity index (χ3n) is 3.30. The maximum atomic E-state index is 13.0. The standard InChI is InChI=1S/C15H15N3O3/c1-8-17-11-4-2-3-10(16)14(11)15(21)18(8)12-6-5-9(19)7-13(12)20/h2-4,12H,5-7,16H2,1H3/i1D2,5D,6D2. The number of aromatic nitrogens is 2. The van der Waals surface area contributed by atoms with E-state index >= 15 is 0 Å². The van der Waals surface area contributed by atoms with Gasteiger partial charge in [-0.25, -0.2) is 4.98 Å². The highest BCUT2D eigenvalue weighted by molar-refractivity contribution is 6.03. The molecule has 2 atom stereocenters. The number of fused-ring (bicyclic) bond motifs is 1. The predicted molar refractivity (Wildman–Crippen MR) is 78.1 cm³/mol. The van der Waals surface area contributed by atoms with Crippen molar-refractivity contribution < 1.29 is 16.4 Å². The Hall–Kier alpha value is -2.50. The van der Waals surface area contributed by atoms with Gasteiger partial charge in [0, 0.05) is 18.9 Å². The van der Waals surface area contributed by atoms with Crippen LogP contribution in [0, 0.1) is 6.88 Å². The SMILES string of the molecule is [2H]C([2H])c1nc2cccc(N)c2c(=O)n1C1C(=O)CC(=O)C([2H])C1([2H])[2H]. The average molecular weight is 290 g/mol. The molecule has 1 aromatic heterocycles. The maximum Gasteiger partial charge on any atom is 0.264 e. The van der Waals surface area contributed by atoms with Gasteiger partial charge in [0.25, 0.3) is 5.56 Å². The van der Waals surface area contributed by atoms with E-state index in [4.69, 9.17) is 12.6 Å². The molecule has 1 heterocycles. The average Bonchev–Trinajstić information content (AvgIpc) is 2.54. The molecule has 3 rings (SSSR count). The van der Waals surface area contributed by atoms with Crippen LogP contribution in [0.3, 0.4) is 0 Å². The van der Waals surface area contributed by atoms with Gasteiger partial charge < -0.3 is 5.73 Å². The number of rotatable bonds is 1. The Balaban J connectivity index is 2.40. The molecule has 2 unspecified atom stereocenters. The number of anilines is 1. The van der Waals surface area contributed by atoms with Crippen LogP contribution in [0.4, 0.5) is 5.69 Å². The number of benzene rings is 1. The van der Waals surface area contributed by atoms with E-state index in [2.05, 4.69) is 4.98 Å². The largest absolute Gasteiger partial charge is 0.398 e. The number of nitrogens with zero attached hydrogens (tertiary/aromatic N) is 2. The van der Waals surface area contributed by atoms with Crippen LogP contribution in [0.1, 0.15) is 37.9 Å². The highest BCUT2D eigenvalue weighted by Gasteiger charge is 2.30. The summed E-state index contributed by atoms with van der Waals surface area (Å²) in [5.74, 6) is -2.23. The van der Waals surface area contributed by atoms with E-state index in [9.17, 15) is 14.4 Å². The molecule has 0 radical (unpaired) electrons. The molecule has 1 aliphatic carbocycles. The van der Waals surface area contributed by atoms with Crippen molar-refractivity contribution in [3.05, 3.63) is 34.4 Å². The molecule has 0 aliphatic heterocycles. The van der Waals surface area contributed by atoms with Crippen molar-refractivity contribution in [1.82, 2.24) is 9.55 Å². The lowest BCUT2D eigenvalue weighted by Crippen LogP contribution is -2.36. The Morgan fingerprint density at radius 2 is 2.24 bits per heavy atom. The van der Waals surface area contributed by atoms with Gasteiger partial charge in [-0.3, -0.25) is 19.0 Å². The molecule has 1 aromatic carbocycles. The van der Waals surface area contributed by atoms with Gasteiger partial charge in [-0.15, -0.1) is 0 Å². The molecular weight excluding hydrogens is 270 g/mol. The lowest BCUT2D eigenvalue weighted by molar-refractivity contribution is -0.132. The van der Waals surface area contributed by atoms with E-state index < -0.39 is 55.1 Å². The van der Waals surface area contributed by atoms with E-state index in [1.807, 2.05) is 0 Å². The number of aryl methyl sites for hydroxylation is 1. The van der Waals surface area contributed by atoms with Crippen LogP contribution in [-0.4, -0.2) is 21.1 Å². The number of hydrogen-bond acceptors (Lipinski definition) is 5. The first-order valence-corrected chi connectivity index (χ1v) is 6.20. The zero-order chi connectivity index (χ0) is 19.4. The third-order valence-corrected chi connectivity index (χ3v) is 3.30. The first-order valence-electron chi connectivity index (χ1n) is 8.93. The summed E-state index contributed by atoms with van der Waals surface area (Å²) in [6, 6.07) is 2.59. The van der Waals surface area contributed by atoms with Crippen LogP contribution in [0.25, 0.3) is 10.9 Å². The normalized spacial score (nSPS) is 28.7. The van der Waals surface area contributed by atoms with Gasteiger partial charge in [0.05, 0.1) is 23.4 Å². The van der Waals surface area contributed by atoms with Gasteiger partial charge in [0.15, 0.2) is 5.78 Å². The summed E-state index contributed by atoms with van der Waals surface area (Å²) in [4.78, 5) is 41.2. The second-order valence-electron chi connectivity index (χ2n) is 4.71. The predicted octanol–water partition coefficient (Wildman–Crippen LogP) is 1.15.